The summed E-state index contributed by atoms with van der Waals surface area (Å²) in [6, 6.07) is 5.86. The van der Waals surface area contributed by atoms with Gasteiger partial charge < -0.3 is 24.2 Å². The highest BCUT2D eigenvalue weighted by atomic mass is 16.6. The highest BCUT2D eigenvalue weighted by Crippen LogP contribution is 2.33. The molecule has 3 aliphatic heterocycles. The first-order valence-corrected chi connectivity index (χ1v) is 10.8. The summed E-state index contributed by atoms with van der Waals surface area (Å²) in [4.78, 5) is 19.7. The number of hydrogen-bond donors (Lipinski definition) is 0. The minimum atomic E-state index is -0.0105. The van der Waals surface area contributed by atoms with E-state index in [-0.39, 0.29) is 11.9 Å². The average Bonchev–Trinajstić information content (AvgIpc) is 2.98. The lowest BCUT2D eigenvalue weighted by Gasteiger charge is -2.32. The van der Waals surface area contributed by atoms with Crippen molar-refractivity contribution in [1.29, 1.82) is 0 Å². The first kappa shape index (κ1) is 20.5. The van der Waals surface area contributed by atoms with Crippen molar-refractivity contribution >= 4 is 11.5 Å². The lowest BCUT2D eigenvalue weighted by atomic mass is 10.1. The number of allylic oxidation sites excluding steroid dienone is 2. The van der Waals surface area contributed by atoms with Crippen molar-refractivity contribution in [3.63, 3.8) is 0 Å². The Kier molecular flexibility index (Phi) is 6.13. The molecule has 6 heteroatoms. The minimum absolute atomic E-state index is 0.0105. The second-order valence-corrected chi connectivity index (χ2v) is 8.23. The molecule has 1 atom stereocenters. The molecule has 0 N–H and O–H groups in total. The van der Waals surface area contributed by atoms with Gasteiger partial charge in [-0.05, 0) is 63.2 Å². The number of amides is 1. The first-order valence-electron chi connectivity index (χ1n) is 10.8. The van der Waals surface area contributed by atoms with Gasteiger partial charge in [-0.15, -0.1) is 0 Å². The highest BCUT2D eigenvalue weighted by molar-refractivity contribution is 5.96. The van der Waals surface area contributed by atoms with Crippen LogP contribution in [0.1, 0.15) is 25.8 Å². The molecule has 1 fully saturated rings. The molecule has 0 aliphatic carbocycles. The number of carbonyl (C=O) groups is 1. The number of ether oxygens (including phenoxy) is 2. The van der Waals surface area contributed by atoms with E-state index in [9.17, 15) is 4.79 Å². The Balaban J connectivity index is 1.51. The van der Waals surface area contributed by atoms with Gasteiger partial charge in [-0.3, -0.25) is 4.79 Å². The van der Waals surface area contributed by atoms with Crippen LogP contribution in [0.2, 0.25) is 0 Å². The zero-order chi connectivity index (χ0) is 21.1. The standard InChI is InChI=1S/C24H31N3O3/c1-18(20-6-8-22-23(16-20)30-14-13-29-22)15-24(28)27-17-21(7-5-19(27)2)26-10-4-9-25(3)11-12-26/h5-8,15-17,19H,4,9-14H2,1-3H3/b18-15+. The largest absolute Gasteiger partial charge is 0.486 e. The van der Waals surface area contributed by atoms with E-state index in [1.54, 1.807) is 6.08 Å². The lowest BCUT2D eigenvalue weighted by Crippen LogP contribution is -2.37. The molecule has 3 heterocycles. The Morgan fingerprint density at radius 2 is 1.90 bits per heavy atom. The molecule has 30 heavy (non-hydrogen) atoms. The third kappa shape index (κ3) is 4.54. The molecule has 4 rings (SSSR count). The Bertz CT molecular complexity index is 890. The molecule has 1 amide bonds. The van der Waals surface area contributed by atoms with Gasteiger partial charge in [0, 0.05) is 31.9 Å². The van der Waals surface area contributed by atoms with Gasteiger partial charge in [0.05, 0.1) is 11.7 Å². The average molecular weight is 410 g/mol. The molecular weight excluding hydrogens is 378 g/mol. The van der Waals surface area contributed by atoms with Crippen LogP contribution in [0.15, 0.2) is 48.3 Å². The summed E-state index contributed by atoms with van der Waals surface area (Å²) in [5.74, 6) is 1.49. The van der Waals surface area contributed by atoms with Crippen molar-refractivity contribution in [1.82, 2.24) is 14.7 Å². The number of benzene rings is 1. The SMILES string of the molecule is C/C(=C\C(=O)N1C=C(N2CCCN(C)CC2)C=CC1C)c1ccc2c(c1)OCCO2. The summed E-state index contributed by atoms with van der Waals surface area (Å²) in [7, 11) is 2.16. The van der Waals surface area contributed by atoms with Crippen LogP contribution >= 0.6 is 0 Å². The Labute approximate surface area is 179 Å². The molecule has 3 aliphatic rings. The van der Waals surface area contributed by atoms with Gasteiger partial charge in [0.25, 0.3) is 5.91 Å². The van der Waals surface area contributed by atoms with Crippen LogP contribution in [-0.2, 0) is 4.79 Å². The molecule has 6 nitrogen and oxygen atoms in total. The smallest absolute Gasteiger partial charge is 0.251 e. The van der Waals surface area contributed by atoms with Crippen molar-refractivity contribution in [2.45, 2.75) is 26.3 Å². The highest BCUT2D eigenvalue weighted by Gasteiger charge is 2.22. The number of rotatable bonds is 3. The number of nitrogens with zero attached hydrogens (tertiary/aromatic N) is 3. The van der Waals surface area contributed by atoms with Gasteiger partial charge in [0.1, 0.15) is 13.2 Å². The van der Waals surface area contributed by atoms with Crippen LogP contribution in [-0.4, -0.2) is 73.1 Å². The number of fused-ring (bicyclic) bond motifs is 1. The summed E-state index contributed by atoms with van der Waals surface area (Å²) in [5.41, 5.74) is 2.99. The van der Waals surface area contributed by atoms with Crippen molar-refractivity contribution in [3.05, 3.63) is 53.9 Å². The van der Waals surface area contributed by atoms with Crippen LogP contribution in [0, 0.1) is 0 Å². The maximum Gasteiger partial charge on any atom is 0.251 e. The summed E-state index contributed by atoms with van der Waals surface area (Å²) >= 11 is 0. The molecule has 0 bridgehead atoms. The Hall–Kier alpha value is -2.73. The summed E-state index contributed by atoms with van der Waals surface area (Å²) in [6.07, 6.45) is 9.11. The van der Waals surface area contributed by atoms with E-state index in [4.69, 9.17) is 9.47 Å². The maximum absolute atomic E-state index is 13.1. The third-order valence-electron chi connectivity index (χ3n) is 5.93. The molecule has 160 valence electrons. The number of likely N-dealkylation sites (N-methyl/N-ethyl adjacent to an activating group) is 1. The molecule has 1 saturated heterocycles. The van der Waals surface area contributed by atoms with Crippen molar-refractivity contribution in [2.24, 2.45) is 0 Å². The summed E-state index contributed by atoms with van der Waals surface area (Å²) in [5, 5.41) is 0. The van der Waals surface area contributed by atoms with E-state index in [1.807, 2.05) is 43.1 Å². The van der Waals surface area contributed by atoms with E-state index < -0.39 is 0 Å². The molecule has 0 saturated carbocycles. The second-order valence-electron chi connectivity index (χ2n) is 8.23. The monoisotopic (exact) mass is 409 g/mol. The quantitative estimate of drug-likeness (QED) is 0.718. The zero-order valence-corrected chi connectivity index (χ0v) is 18.1. The molecule has 0 aromatic heterocycles. The third-order valence-corrected chi connectivity index (χ3v) is 5.93. The van der Waals surface area contributed by atoms with Gasteiger partial charge in [0.2, 0.25) is 0 Å². The molecule has 1 aromatic rings. The van der Waals surface area contributed by atoms with E-state index in [0.29, 0.717) is 13.2 Å². The van der Waals surface area contributed by atoms with Gasteiger partial charge in [-0.2, -0.15) is 0 Å². The van der Waals surface area contributed by atoms with E-state index >= 15 is 0 Å². The predicted molar refractivity (Wildman–Crippen MR) is 118 cm³/mol. The Morgan fingerprint density at radius 3 is 2.73 bits per heavy atom. The van der Waals surface area contributed by atoms with Crippen molar-refractivity contribution in [2.75, 3.05) is 46.4 Å². The summed E-state index contributed by atoms with van der Waals surface area (Å²) < 4.78 is 11.3. The van der Waals surface area contributed by atoms with Crippen LogP contribution in [0.25, 0.3) is 5.57 Å². The predicted octanol–water partition coefficient (Wildman–Crippen LogP) is 3.13. The van der Waals surface area contributed by atoms with Crippen molar-refractivity contribution in [3.8, 4) is 11.5 Å². The maximum atomic E-state index is 13.1. The van der Waals surface area contributed by atoms with Crippen LogP contribution in [0.5, 0.6) is 11.5 Å². The number of hydrogen-bond acceptors (Lipinski definition) is 5. The van der Waals surface area contributed by atoms with Gasteiger partial charge >= 0.3 is 0 Å². The normalized spacial score (nSPS) is 22.6. The van der Waals surface area contributed by atoms with E-state index in [1.165, 1.54) is 0 Å². The second kappa shape index (κ2) is 8.96. The van der Waals surface area contributed by atoms with Gasteiger partial charge in [-0.25, -0.2) is 0 Å². The fourth-order valence-corrected chi connectivity index (χ4v) is 4.02. The Morgan fingerprint density at radius 1 is 1.10 bits per heavy atom. The fourth-order valence-electron chi connectivity index (χ4n) is 4.02. The summed E-state index contributed by atoms with van der Waals surface area (Å²) in [6.45, 7) is 9.28. The molecule has 0 radical (unpaired) electrons. The minimum Gasteiger partial charge on any atom is -0.486 e. The fraction of sp³-hybridized carbons (Fsp3) is 0.458. The van der Waals surface area contributed by atoms with Crippen LogP contribution in [0.3, 0.4) is 0 Å². The van der Waals surface area contributed by atoms with Crippen LogP contribution < -0.4 is 9.47 Å². The lowest BCUT2D eigenvalue weighted by molar-refractivity contribution is -0.124. The molecule has 1 aromatic carbocycles. The van der Waals surface area contributed by atoms with Gasteiger partial charge in [0.15, 0.2) is 11.5 Å². The zero-order valence-electron chi connectivity index (χ0n) is 18.1. The molecule has 1 unspecified atom stereocenters. The molecular formula is C24H31N3O3. The topological polar surface area (TPSA) is 45.3 Å². The van der Waals surface area contributed by atoms with Crippen molar-refractivity contribution < 1.29 is 14.3 Å². The van der Waals surface area contributed by atoms with E-state index in [0.717, 1.165) is 60.9 Å². The van der Waals surface area contributed by atoms with Gasteiger partial charge in [-0.1, -0.05) is 12.1 Å². The van der Waals surface area contributed by atoms with E-state index in [2.05, 4.69) is 29.0 Å². The number of carbonyl (C=O) groups excluding carboxylic acids is 1. The first-order chi connectivity index (χ1) is 14.5. The molecule has 0 spiro atoms. The van der Waals surface area contributed by atoms with Crippen LogP contribution in [0.4, 0.5) is 0 Å².